The third kappa shape index (κ3) is 7.50. The zero-order valence-electron chi connectivity index (χ0n) is 22.7. The number of nitrogens with one attached hydrogen (secondary N) is 2. The molecule has 0 unspecified atom stereocenters. The van der Waals surface area contributed by atoms with E-state index in [1.165, 1.54) is 6.07 Å². The van der Waals surface area contributed by atoms with Gasteiger partial charge >= 0.3 is 0 Å². The fourth-order valence-corrected chi connectivity index (χ4v) is 5.91. The Bertz CT molecular complexity index is 1410. The Hall–Kier alpha value is -3.14. The molecular weight excluding hydrogens is 515 g/mol. The summed E-state index contributed by atoms with van der Waals surface area (Å²) in [4.78, 5) is 17.5. The van der Waals surface area contributed by atoms with Crippen LogP contribution in [-0.2, 0) is 20.4 Å². The van der Waals surface area contributed by atoms with Crippen LogP contribution in [0, 0.1) is 11.7 Å². The van der Waals surface area contributed by atoms with Crippen LogP contribution in [0.15, 0.2) is 60.8 Å². The van der Waals surface area contributed by atoms with Crippen molar-refractivity contribution in [2.75, 3.05) is 11.1 Å². The zero-order valence-corrected chi connectivity index (χ0v) is 23.5. The number of amides is 1. The number of hydrogen-bond donors (Lipinski definition) is 3. The van der Waals surface area contributed by atoms with Gasteiger partial charge in [0.15, 0.2) is 0 Å². The van der Waals surface area contributed by atoms with E-state index >= 15 is 0 Å². The number of nitrogens with two attached hydrogens (primary N) is 1. The number of halogens is 1. The number of benzene rings is 2. The highest BCUT2D eigenvalue weighted by Crippen LogP contribution is 2.35. The van der Waals surface area contributed by atoms with E-state index in [-0.39, 0.29) is 29.4 Å². The normalized spacial score (nSPS) is 18.1. The van der Waals surface area contributed by atoms with Gasteiger partial charge in [-0.2, -0.15) is 0 Å². The minimum Gasteiger partial charge on any atom is -0.325 e. The smallest absolute Gasteiger partial charge is 0.224 e. The molecule has 7 nitrogen and oxygen atoms in total. The van der Waals surface area contributed by atoms with Crippen molar-refractivity contribution in [3.05, 3.63) is 72.2 Å². The molecule has 0 atom stereocenters. The van der Waals surface area contributed by atoms with Crippen LogP contribution in [0.2, 0.25) is 0 Å². The molecule has 2 aromatic carbocycles. The van der Waals surface area contributed by atoms with Gasteiger partial charge < -0.3 is 11.1 Å². The maximum Gasteiger partial charge on any atom is 0.224 e. The van der Waals surface area contributed by atoms with E-state index in [1.807, 2.05) is 38.1 Å². The maximum atomic E-state index is 14.9. The van der Waals surface area contributed by atoms with Crippen molar-refractivity contribution in [2.24, 2.45) is 11.7 Å². The molecular formula is C30H37FN4O3S. The number of aromatic nitrogens is 1. The highest BCUT2D eigenvalue weighted by molar-refractivity contribution is 7.89. The number of anilines is 1. The average Bonchev–Trinajstić information content (AvgIpc) is 2.89. The van der Waals surface area contributed by atoms with E-state index in [0.29, 0.717) is 41.8 Å². The van der Waals surface area contributed by atoms with Crippen LogP contribution >= 0.6 is 0 Å². The SMILES string of the molecule is CCS(=O)(=O)N[C@H]1CC[C@H](CC(=O)Nc2cnc(-c3ccc(C(C)(C)N)cc3)c(-c3ccccc3F)c2)CC1. The molecule has 1 amide bonds. The molecule has 0 radical (unpaired) electrons. The molecule has 1 heterocycles. The monoisotopic (exact) mass is 552 g/mol. The second kappa shape index (κ2) is 11.9. The minimum atomic E-state index is -3.23. The van der Waals surface area contributed by atoms with Crippen molar-refractivity contribution in [3.63, 3.8) is 0 Å². The summed E-state index contributed by atoms with van der Waals surface area (Å²) in [5, 5.41) is 2.93. The fourth-order valence-electron chi connectivity index (χ4n) is 5.00. The first-order chi connectivity index (χ1) is 18.4. The van der Waals surface area contributed by atoms with Gasteiger partial charge in [0.05, 0.1) is 23.3 Å². The van der Waals surface area contributed by atoms with Crippen molar-refractivity contribution >= 4 is 21.6 Å². The van der Waals surface area contributed by atoms with Crippen LogP contribution in [0.4, 0.5) is 10.1 Å². The fraction of sp³-hybridized carbons (Fsp3) is 0.400. The van der Waals surface area contributed by atoms with Gasteiger partial charge in [-0.05, 0) is 70.1 Å². The quantitative estimate of drug-likeness (QED) is 0.321. The van der Waals surface area contributed by atoms with Crippen LogP contribution in [0.3, 0.4) is 0 Å². The number of sulfonamides is 1. The van der Waals surface area contributed by atoms with Crippen LogP contribution in [0.25, 0.3) is 22.4 Å². The van der Waals surface area contributed by atoms with Crippen molar-refractivity contribution in [3.8, 4) is 22.4 Å². The second-order valence-electron chi connectivity index (χ2n) is 10.9. The Labute approximate surface area is 230 Å². The summed E-state index contributed by atoms with van der Waals surface area (Å²) in [6.07, 6.45) is 4.90. The molecule has 0 aliphatic heterocycles. The summed E-state index contributed by atoms with van der Waals surface area (Å²) >= 11 is 0. The Balaban J connectivity index is 1.50. The predicted molar refractivity (Wildman–Crippen MR) is 154 cm³/mol. The van der Waals surface area contributed by atoms with E-state index in [2.05, 4.69) is 15.0 Å². The van der Waals surface area contributed by atoms with Gasteiger partial charge in [-0.3, -0.25) is 9.78 Å². The van der Waals surface area contributed by atoms with Gasteiger partial charge in [0.25, 0.3) is 0 Å². The Morgan fingerprint density at radius 2 is 1.72 bits per heavy atom. The minimum absolute atomic E-state index is 0.0637. The summed E-state index contributed by atoms with van der Waals surface area (Å²) < 4.78 is 41.3. The molecule has 208 valence electrons. The van der Waals surface area contributed by atoms with E-state index < -0.39 is 15.6 Å². The number of pyridine rings is 1. The number of nitrogens with zero attached hydrogens (tertiary/aromatic N) is 1. The van der Waals surface area contributed by atoms with Gasteiger partial charge in [-0.15, -0.1) is 0 Å². The third-order valence-corrected chi connectivity index (χ3v) is 8.74. The van der Waals surface area contributed by atoms with Gasteiger partial charge in [-0.1, -0.05) is 42.5 Å². The highest BCUT2D eigenvalue weighted by Gasteiger charge is 2.26. The third-order valence-electron chi connectivity index (χ3n) is 7.28. The molecule has 1 fully saturated rings. The molecule has 3 aromatic rings. The molecule has 0 saturated heterocycles. The molecule has 1 aliphatic rings. The Morgan fingerprint density at radius 1 is 1.05 bits per heavy atom. The molecule has 4 N–H and O–H groups in total. The standard InChI is InChI=1S/C30H37FN4O3S/c1-4-39(37,38)35-23-15-9-20(10-16-23)17-28(36)34-24-18-26(25-7-5-6-8-27(25)31)29(33-19-24)21-11-13-22(14-12-21)30(2,3)32/h5-8,11-14,18-20,23,35H,4,9-10,15-17,32H2,1-3H3,(H,34,36)/t20-,23-. The molecule has 9 heteroatoms. The maximum absolute atomic E-state index is 14.9. The van der Waals surface area contributed by atoms with Crippen LogP contribution in [-0.4, -0.2) is 31.1 Å². The highest BCUT2D eigenvalue weighted by atomic mass is 32.2. The number of carbonyl (C=O) groups excluding carboxylic acids is 1. The number of carbonyl (C=O) groups is 1. The molecule has 0 bridgehead atoms. The van der Waals surface area contributed by atoms with E-state index in [1.54, 1.807) is 37.4 Å². The topological polar surface area (TPSA) is 114 Å². The Kier molecular flexibility index (Phi) is 8.83. The molecule has 1 aromatic heterocycles. The lowest BCUT2D eigenvalue weighted by Gasteiger charge is -2.28. The molecule has 39 heavy (non-hydrogen) atoms. The molecule has 0 spiro atoms. The van der Waals surface area contributed by atoms with E-state index in [4.69, 9.17) is 5.73 Å². The van der Waals surface area contributed by atoms with Crippen molar-refractivity contribution < 1.29 is 17.6 Å². The van der Waals surface area contributed by atoms with Crippen LogP contribution < -0.4 is 15.8 Å². The lowest BCUT2D eigenvalue weighted by molar-refractivity contribution is -0.117. The lowest BCUT2D eigenvalue weighted by atomic mass is 9.84. The molecule has 1 saturated carbocycles. The first-order valence-electron chi connectivity index (χ1n) is 13.4. The van der Waals surface area contributed by atoms with Gasteiger partial charge in [0.2, 0.25) is 15.9 Å². The van der Waals surface area contributed by atoms with Gasteiger partial charge in [-0.25, -0.2) is 17.5 Å². The van der Waals surface area contributed by atoms with E-state index in [9.17, 15) is 17.6 Å². The van der Waals surface area contributed by atoms with Gasteiger partial charge in [0, 0.05) is 34.7 Å². The van der Waals surface area contributed by atoms with Crippen LogP contribution in [0.1, 0.15) is 58.4 Å². The largest absolute Gasteiger partial charge is 0.325 e. The Morgan fingerprint density at radius 3 is 2.33 bits per heavy atom. The van der Waals surface area contributed by atoms with Crippen molar-refractivity contribution in [1.82, 2.24) is 9.71 Å². The summed E-state index contributed by atoms with van der Waals surface area (Å²) in [7, 11) is -3.23. The molecule has 1 aliphatic carbocycles. The molecule has 4 rings (SSSR count). The summed E-state index contributed by atoms with van der Waals surface area (Å²) in [5.74, 6) is -0.278. The predicted octanol–water partition coefficient (Wildman–Crippen LogP) is 5.58. The second-order valence-corrected chi connectivity index (χ2v) is 12.9. The summed E-state index contributed by atoms with van der Waals surface area (Å²) in [6.45, 7) is 5.49. The number of hydrogen-bond acceptors (Lipinski definition) is 5. The average molecular weight is 553 g/mol. The number of rotatable bonds is 9. The summed E-state index contributed by atoms with van der Waals surface area (Å²) in [5.41, 5.74) is 9.59. The van der Waals surface area contributed by atoms with Crippen molar-refractivity contribution in [2.45, 2.75) is 64.5 Å². The summed E-state index contributed by atoms with van der Waals surface area (Å²) in [6, 6.07) is 15.9. The van der Waals surface area contributed by atoms with Gasteiger partial charge in [0.1, 0.15) is 5.82 Å². The zero-order chi connectivity index (χ0) is 28.2. The van der Waals surface area contributed by atoms with E-state index in [0.717, 1.165) is 24.0 Å². The van der Waals surface area contributed by atoms with Crippen LogP contribution in [0.5, 0.6) is 0 Å². The lowest BCUT2D eigenvalue weighted by Crippen LogP contribution is -2.38. The first kappa shape index (κ1) is 28.9. The van der Waals surface area contributed by atoms with Crippen molar-refractivity contribution in [1.29, 1.82) is 0 Å². The first-order valence-corrected chi connectivity index (χ1v) is 15.0.